The third kappa shape index (κ3) is 3.61. The monoisotopic (exact) mass is 431 g/mol. The number of likely N-dealkylation sites (tertiary alicyclic amines) is 1. The van der Waals surface area contributed by atoms with E-state index in [-0.39, 0.29) is 10.8 Å². The standard InChI is InChI=1S/C24H21N3O3S/c28-24(25-19-14-12-18(13-15-19)17-7-2-1-3-8-17)21-10-6-16-27(21)23-20-9-4-5-11-22(20)31(29,30)26-23/h1-5,7-9,11-15,21H,6,10,16H2,(H,25,28)/t21-/m1/s1. The van der Waals surface area contributed by atoms with Crippen LogP contribution >= 0.6 is 0 Å². The number of amides is 1. The average Bonchev–Trinajstić information content (AvgIpc) is 3.38. The van der Waals surface area contributed by atoms with Crippen LogP contribution in [0, 0.1) is 0 Å². The molecule has 7 heteroatoms. The van der Waals surface area contributed by atoms with Gasteiger partial charge < -0.3 is 10.2 Å². The summed E-state index contributed by atoms with van der Waals surface area (Å²) < 4.78 is 28.8. The molecule has 1 atom stereocenters. The molecule has 1 fully saturated rings. The number of carbonyl (C=O) groups excluding carboxylic acids is 1. The lowest BCUT2D eigenvalue weighted by Gasteiger charge is -2.25. The molecule has 3 aromatic carbocycles. The van der Waals surface area contributed by atoms with Crippen LogP contribution in [0.5, 0.6) is 0 Å². The van der Waals surface area contributed by atoms with Gasteiger partial charge in [0.15, 0.2) is 5.84 Å². The molecule has 6 nitrogen and oxygen atoms in total. The fourth-order valence-electron chi connectivity index (χ4n) is 4.19. The molecule has 0 spiro atoms. The summed E-state index contributed by atoms with van der Waals surface area (Å²) in [7, 11) is -3.72. The van der Waals surface area contributed by atoms with Crippen molar-refractivity contribution in [3.8, 4) is 11.1 Å². The van der Waals surface area contributed by atoms with E-state index in [0.717, 1.165) is 17.5 Å². The molecule has 0 aromatic heterocycles. The minimum Gasteiger partial charge on any atom is -0.343 e. The molecule has 0 aliphatic carbocycles. The van der Waals surface area contributed by atoms with Gasteiger partial charge in [-0.3, -0.25) is 4.79 Å². The fourth-order valence-corrected chi connectivity index (χ4v) is 5.41. The summed E-state index contributed by atoms with van der Waals surface area (Å²) in [6, 6.07) is 24.1. The number of sulfonamides is 1. The quantitative estimate of drug-likeness (QED) is 0.682. The average molecular weight is 432 g/mol. The van der Waals surface area contributed by atoms with Crippen LogP contribution in [-0.2, 0) is 14.8 Å². The van der Waals surface area contributed by atoms with Crippen LogP contribution in [0.15, 0.2) is 88.2 Å². The molecular formula is C24H21N3O3S. The third-order valence-corrected chi connectivity index (χ3v) is 7.02. The summed E-state index contributed by atoms with van der Waals surface area (Å²) in [5.41, 5.74) is 3.46. The van der Waals surface area contributed by atoms with E-state index in [2.05, 4.69) is 9.71 Å². The van der Waals surface area contributed by atoms with E-state index in [1.165, 1.54) is 0 Å². The maximum Gasteiger partial charge on any atom is 0.285 e. The zero-order valence-electron chi connectivity index (χ0n) is 16.7. The minimum atomic E-state index is -3.72. The Morgan fingerprint density at radius 3 is 2.35 bits per heavy atom. The Balaban J connectivity index is 1.35. The minimum absolute atomic E-state index is 0.158. The van der Waals surface area contributed by atoms with Crippen molar-refractivity contribution in [2.45, 2.75) is 23.8 Å². The second kappa shape index (κ2) is 7.67. The predicted octanol–water partition coefficient (Wildman–Crippen LogP) is 3.91. The van der Waals surface area contributed by atoms with Gasteiger partial charge in [0.1, 0.15) is 10.9 Å². The van der Waals surface area contributed by atoms with Crippen molar-refractivity contribution in [2.24, 2.45) is 4.40 Å². The molecule has 0 saturated carbocycles. The van der Waals surface area contributed by atoms with Crippen LogP contribution in [0.2, 0.25) is 0 Å². The number of amidine groups is 1. The normalized spacial score (nSPS) is 19.0. The van der Waals surface area contributed by atoms with Crippen LogP contribution in [0.3, 0.4) is 0 Å². The van der Waals surface area contributed by atoms with Crippen molar-refractivity contribution in [3.05, 3.63) is 84.4 Å². The highest BCUT2D eigenvalue weighted by Gasteiger charge is 2.39. The van der Waals surface area contributed by atoms with Crippen LogP contribution in [0.4, 0.5) is 5.69 Å². The summed E-state index contributed by atoms with van der Waals surface area (Å²) in [5, 5.41) is 2.98. The molecule has 156 valence electrons. The lowest BCUT2D eigenvalue weighted by molar-refractivity contribution is -0.119. The molecule has 2 aliphatic heterocycles. The lowest BCUT2D eigenvalue weighted by atomic mass is 10.1. The predicted molar refractivity (Wildman–Crippen MR) is 120 cm³/mol. The van der Waals surface area contributed by atoms with Gasteiger partial charge in [-0.05, 0) is 48.2 Å². The van der Waals surface area contributed by atoms with E-state index < -0.39 is 16.1 Å². The molecule has 1 N–H and O–H groups in total. The molecule has 1 saturated heterocycles. The van der Waals surface area contributed by atoms with Crippen molar-refractivity contribution < 1.29 is 13.2 Å². The van der Waals surface area contributed by atoms with Crippen molar-refractivity contribution >= 4 is 27.5 Å². The zero-order valence-corrected chi connectivity index (χ0v) is 17.5. The van der Waals surface area contributed by atoms with Crippen molar-refractivity contribution in [3.63, 3.8) is 0 Å². The van der Waals surface area contributed by atoms with Gasteiger partial charge in [0.2, 0.25) is 5.91 Å². The number of rotatable bonds is 3. The maximum absolute atomic E-state index is 13.1. The van der Waals surface area contributed by atoms with Gasteiger partial charge in [0.05, 0.1) is 0 Å². The molecular weight excluding hydrogens is 410 g/mol. The highest BCUT2D eigenvalue weighted by Crippen LogP contribution is 2.31. The number of hydrogen-bond acceptors (Lipinski definition) is 4. The molecule has 3 aromatic rings. The number of carbonyl (C=O) groups is 1. The molecule has 0 bridgehead atoms. The molecule has 1 amide bonds. The fraction of sp³-hybridized carbons (Fsp3) is 0.167. The number of anilines is 1. The van der Waals surface area contributed by atoms with Gasteiger partial charge in [0, 0.05) is 17.8 Å². The Morgan fingerprint density at radius 2 is 1.58 bits per heavy atom. The van der Waals surface area contributed by atoms with Crippen molar-refractivity contribution in [1.82, 2.24) is 4.90 Å². The van der Waals surface area contributed by atoms with Crippen LogP contribution in [0.25, 0.3) is 11.1 Å². The first-order chi connectivity index (χ1) is 15.0. The number of hydrogen-bond donors (Lipinski definition) is 1. The van der Waals surface area contributed by atoms with E-state index in [9.17, 15) is 13.2 Å². The van der Waals surface area contributed by atoms with Gasteiger partial charge in [-0.25, -0.2) is 0 Å². The SMILES string of the molecule is O=C(Nc1ccc(-c2ccccc2)cc1)[C@H]1CCCN1C1=NS(=O)(=O)c2ccccc21. The summed E-state index contributed by atoms with van der Waals surface area (Å²) in [6.07, 6.45) is 1.45. The second-order valence-corrected chi connectivity index (χ2v) is 9.24. The number of nitrogens with one attached hydrogen (secondary N) is 1. The second-order valence-electron chi connectivity index (χ2n) is 7.67. The highest BCUT2D eigenvalue weighted by atomic mass is 32.2. The van der Waals surface area contributed by atoms with E-state index in [1.807, 2.05) is 59.5 Å². The summed E-state index contributed by atoms with van der Waals surface area (Å²) >= 11 is 0. The number of nitrogens with zero attached hydrogens (tertiary/aromatic N) is 2. The van der Waals surface area contributed by atoms with E-state index in [4.69, 9.17) is 0 Å². The Kier molecular flexibility index (Phi) is 4.82. The molecule has 2 heterocycles. The van der Waals surface area contributed by atoms with Gasteiger partial charge in [0.25, 0.3) is 10.0 Å². The summed E-state index contributed by atoms with van der Waals surface area (Å²) in [6.45, 7) is 0.591. The topological polar surface area (TPSA) is 78.8 Å². The smallest absolute Gasteiger partial charge is 0.285 e. The van der Waals surface area contributed by atoms with Crippen LogP contribution < -0.4 is 5.32 Å². The van der Waals surface area contributed by atoms with Gasteiger partial charge in [-0.15, -0.1) is 4.40 Å². The Bertz CT molecular complexity index is 1270. The van der Waals surface area contributed by atoms with E-state index >= 15 is 0 Å². The van der Waals surface area contributed by atoms with Crippen molar-refractivity contribution in [2.75, 3.05) is 11.9 Å². The number of fused-ring (bicyclic) bond motifs is 1. The Labute approximate surface area is 181 Å². The van der Waals surface area contributed by atoms with Crippen LogP contribution in [-0.4, -0.2) is 37.6 Å². The summed E-state index contributed by atoms with van der Waals surface area (Å²) in [5.74, 6) is 0.210. The van der Waals surface area contributed by atoms with Gasteiger partial charge in [-0.1, -0.05) is 54.6 Å². The first-order valence-corrected chi connectivity index (χ1v) is 11.6. The number of benzene rings is 3. The summed E-state index contributed by atoms with van der Waals surface area (Å²) in [4.78, 5) is 15.1. The molecule has 31 heavy (non-hydrogen) atoms. The lowest BCUT2D eigenvalue weighted by Crippen LogP contribution is -2.43. The van der Waals surface area contributed by atoms with Gasteiger partial charge in [-0.2, -0.15) is 8.42 Å². The Hall–Kier alpha value is -3.45. The zero-order chi connectivity index (χ0) is 21.4. The Morgan fingerprint density at radius 1 is 0.903 bits per heavy atom. The van der Waals surface area contributed by atoms with Crippen LogP contribution in [0.1, 0.15) is 18.4 Å². The van der Waals surface area contributed by atoms with E-state index in [0.29, 0.717) is 30.1 Å². The maximum atomic E-state index is 13.1. The first-order valence-electron chi connectivity index (χ1n) is 10.2. The van der Waals surface area contributed by atoms with Gasteiger partial charge >= 0.3 is 0 Å². The largest absolute Gasteiger partial charge is 0.343 e. The van der Waals surface area contributed by atoms with E-state index in [1.54, 1.807) is 24.3 Å². The molecule has 5 rings (SSSR count). The van der Waals surface area contributed by atoms with Crippen molar-refractivity contribution in [1.29, 1.82) is 0 Å². The first kappa shape index (κ1) is 19.5. The highest BCUT2D eigenvalue weighted by molar-refractivity contribution is 7.90. The third-order valence-electron chi connectivity index (χ3n) is 5.70. The molecule has 0 unspecified atom stereocenters. The molecule has 0 radical (unpaired) electrons. The molecule has 2 aliphatic rings.